The van der Waals surface area contributed by atoms with Gasteiger partial charge in [-0.2, -0.15) is 0 Å². The average Bonchev–Trinajstić information content (AvgIpc) is 3.53. The highest BCUT2D eigenvalue weighted by molar-refractivity contribution is 8.14. The van der Waals surface area contributed by atoms with Gasteiger partial charge in [-0.25, -0.2) is 14.7 Å². The van der Waals surface area contributed by atoms with Crippen LogP contribution in [0.15, 0.2) is 78.0 Å². The van der Waals surface area contributed by atoms with Gasteiger partial charge in [0.25, 0.3) is 0 Å². The van der Waals surface area contributed by atoms with Crippen LogP contribution in [0.4, 0.5) is 18.9 Å². The number of hydrogen-bond acceptors (Lipinski definition) is 7. The van der Waals surface area contributed by atoms with Crippen LogP contribution in [-0.4, -0.2) is 58.4 Å². The third kappa shape index (κ3) is 9.10. The molecule has 8 nitrogen and oxygen atoms in total. The first-order valence-corrected chi connectivity index (χ1v) is 17.0. The van der Waals surface area contributed by atoms with Crippen molar-refractivity contribution in [2.75, 3.05) is 31.0 Å². The van der Waals surface area contributed by atoms with E-state index in [4.69, 9.17) is 9.73 Å². The largest absolute Gasteiger partial charge is 0.573 e. The van der Waals surface area contributed by atoms with E-state index in [1.807, 2.05) is 30.0 Å². The van der Waals surface area contributed by atoms with Crippen molar-refractivity contribution in [2.24, 2.45) is 10.4 Å². The zero-order valence-corrected chi connectivity index (χ0v) is 29.0. The van der Waals surface area contributed by atoms with Crippen LogP contribution in [-0.2, 0) is 6.42 Å². The van der Waals surface area contributed by atoms with Gasteiger partial charge in [-0.15, -0.1) is 18.3 Å². The van der Waals surface area contributed by atoms with Crippen LogP contribution in [0.1, 0.15) is 58.1 Å². The number of methoxy groups -OCH3 is 1. The topological polar surface area (TPSA) is 76.8 Å². The van der Waals surface area contributed by atoms with E-state index in [0.717, 1.165) is 41.6 Å². The molecule has 1 fully saturated rings. The molecule has 1 saturated heterocycles. The summed E-state index contributed by atoms with van der Waals surface area (Å²) in [7, 11) is 1.71. The van der Waals surface area contributed by atoms with Crippen molar-refractivity contribution < 1.29 is 22.6 Å². The predicted molar refractivity (Wildman–Crippen MR) is 187 cm³/mol. The fourth-order valence-electron chi connectivity index (χ4n) is 5.74. The number of hydrogen-bond donors (Lipinski definition) is 1. The predicted octanol–water partition coefficient (Wildman–Crippen LogP) is 8.47. The van der Waals surface area contributed by atoms with E-state index in [-0.39, 0.29) is 11.2 Å². The summed E-state index contributed by atoms with van der Waals surface area (Å²) in [6, 6.07) is 20.3. The lowest BCUT2D eigenvalue weighted by atomic mass is 9.85. The van der Waals surface area contributed by atoms with E-state index < -0.39 is 6.36 Å². The van der Waals surface area contributed by atoms with Gasteiger partial charge in [0.1, 0.15) is 17.8 Å². The molecule has 2 heterocycles. The van der Waals surface area contributed by atoms with E-state index in [9.17, 15) is 13.2 Å². The third-order valence-electron chi connectivity index (χ3n) is 8.18. The molecule has 4 aromatic rings. The number of alkyl halides is 3. The molecule has 1 aliphatic rings. The van der Waals surface area contributed by atoms with Gasteiger partial charge < -0.3 is 14.4 Å². The first kappa shape index (κ1) is 35.3. The van der Waals surface area contributed by atoms with Crippen molar-refractivity contribution in [3.63, 3.8) is 0 Å². The Kier molecular flexibility index (Phi) is 11.0. The Labute approximate surface area is 284 Å². The first-order chi connectivity index (χ1) is 22.8. The molecule has 0 saturated carbocycles. The molecule has 1 aliphatic heterocycles. The van der Waals surface area contributed by atoms with Crippen molar-refractivity contribution in [3.05, 3.63) is 84.2 Å². The monoisotopic (exact) mass is 680 g/mol. The van der Waals surface area contributed by atoms with Gasteiger partial charge in [-0.05, 0) is 84.7 Å². The minimum absolute atomic E-state index is 0.0169. The molecule has 1 N–H and O–H groups in total. The fraction of sp³-hybridized carbons (Fsp3) is 0.417. The summed E-state index contributed by atoms with van der Waals surface area (Å²) in [5.41, 5.74) is 5.06. The van der Waals surface area contributed by atoms with Crippen molar-refractivity contribution >= 4 is 22.6 Å². The van der Waals surface area contributed by atoms with E-state index >= 15 is 0 Å². The van der Waals surface area contributed by atoms with E-state index in [2.05, 4.69) is 83.9 Å². The standard InChI is InChI=1S/C36H43F3N6O2S/c1-24(2)31-19-30(46-6)15-16-32(31)45-25(3)17-18-48-34(45)41-22-40-21-35(4,5)20-26-7-9-27(10-8-26)33-42-23-44(43-33)28-11-13-29(14-12-28)47-36(37,38)39/h7-16,19,23-25,40H,17-18,20-22H2,1-6H3. The van der Waals surface area contributed by atoms with Crippen LogP contribution in [0.2, 0.25) is 0 Å². The summed E-state index contributed by atoms with van der Waals surface area (Å²) in [4.78, 5) is 11.8. The van der Waals surface area contributed by atoms with Gasteiger partial charge >= 0.3 is 6.36 Å². The van der Waals surface area contributed by atoms with Gasteiger partial charge in [-0.1, -0.05) is 63.7 Å². The van der Waals surface area contributed by atoms with E-state index in [1.54, 1.807) is 7.11 Å². The van der Waals surface area contributed by atoms with Crippen LogP contribution in [0, 0.1) is 5.41 Å². The Bertz CT molecular complexity index is 1690. The highest BCUT2D eigenvalue weighted by atomic mass is 32.2. The van der Waals surface area contributed by atoms with Gasteiger partial charge in [0.2, 0.25) is 0 Å². The highest BCUT2D eigenvalue weighted by Gasteiger charge is 2.31. The summed E-state index contributed by atoms with van der Waals surface area (Å²) in [5, 5.41) is 9.13. The number of nitrogens with zero attached hydrogens (tertiary/aromatic N) is 5. The summed E-state index contributed by atoms with van der Waals surface area (Å²) in [5.74, 6) is 2.51. The molecular weight excluding hydrogens is 637 g/mol. The molecule has 12 heteroatoms. The number of anilines is 1. The van der Waals surface area contributed by atoms with E-state index in [1.165, 1.54) is 52.1 Å². The summed E-state index contributed by atoms with van der Waals surface area (Å²) < 4.78 is 48.4. The molecule has 5 rings (SSSR count). The fourth-order valence-corrected chi connectivity index (χ4v) is 6.95. The Morgan fingerprint density at radius 1 is 1.02 bits per heavy atom. The number of amidine groups is 1. The van der Waals surface area contributed by atoms with Crippen LogP contribution < -0.4 is 19.7 Å². The second-order valence-corrected chi connectivity index (χ2v) is 14.1. The molecule has 1 aromatic heterocycles. The normalized spacial score (nSPS) is 16.5. The number of ether oxygens (including phenoxy) is 2. The van der Waals surface area contributed by atoms with Crippen LogP contribution in [0.25, 0.3) is 17.1 Å². The minimum Gasteiger partial charge on any atom is -0.497 e. The average molecular weight is 681 g/mol. The van der Waals surface area contributed by atoms with Crippen molar-refractivity contribution in [1.29, 1.82) is 0 Å². The van der Waals surface area contributed by atoms with Crippen LogP contribution in [0.3, 0.4) is 0 Å². The molecule has 0 radical (unpaired) electrons. The van der Waals surface area contributed by atoms with Gasteiger partial charge in [0.15, 0.2) is 11.0 Å². The third-order valence-corrected chi connectivity index (χ3v) is 9.20. The lowest BCUT2D eigenvalue weighted by Crippen LogP contribution is -2.42. The highest BCUT2D eigenvalue weighted by Crippen LogP contribution is 2.37. The molecule has 48 heavy (non-hydrogen) atoms. The molecule has 0 aliphatic carbocycles. The number of halogens is 3. The summed E-state index contributed by atoms with van der Waals surface area (Å²) in [6.07, 6.45) is -1.23. The summed E-state index contributed by atoms with van der Waals surface area (Å²) >= 11 is 1.81. The van der Waals surface area contributed by atoms with Crippen LogP contribution in [0.5, 0.6) is 11.5 Å². The smallest absolute Gasteiger partial charge is 0.497 e. The second-order valence-electron chi connectivity index (χ2n) is 13.1. The summed E-state index contributed by atoms with van der Waals surface area (Å²) in [6.45, 7) is 12.5. The maximum Gasteiger partial charge on any atom is 0.573 e. The Hall–Kier alpha value is -4.03. The Balaban J connectivity index is 1.17. The van der Waals surface area contributed by atoms with Gasteiger partial charge in [-0.3, -0.25) is 5.32 Å². The molecule has 1 atom stereocenters. The first-order valence-electron chi connectivity index (χ1n) is 16.0. The van der Waals surface area contributed by atoms with Crippen molar-refractivity contribution in [2.45, 2.75) is 65.8 Å². The molecule has 0 spiro atoms. The number of aromatic nitrogens is 3. The van der Waals surface area contributed by atoms with Crippen LogP contribution >= 0.6 is 11.8 Å². The maximum atomic E-state index is 12.5. The number of nitrogens with one attached hydrogen (secondary N) is 1. The molecule has 1 unspecified atom stereocenters. The quantitative estimate of drug-likeness (QED) is 0.151. The van der Waals surface area contributed by atoms with Crippen molar-refractivity contribution in [3.8, 4) is 28.6 Å². The molecule has 0 amide bonds. The molecule has 0 bridgehead atoms. The lowest BCUT2D eigenvalue weighted by molar-refractivity contribution is -0.274. The SMILES string of the molecule is COc1ccc(N2C(=NCNCC(C)(C)Cc3ccc(-c4ncn(-c5ccc(OC(F)(F)F)cc5)n4)cc3)SCCC2C)c(C(C)C)c1. The number of rotatable bonds is 12. The molecule has 3 aromatic carbocycles. The van der Waals surface area contributed by atoms with Crippen molar-refractivity contribution in [1.82, 2.24) is 20.1 Å². The molecular formula is C36H43F3N6O2S. The number of thioether (sulfide) groups is 1. The Morgan fingerprint density at radius 2 is 1.73 bits per heavy atom. The second kappa shape index (κ2) is 15.0. The lowest BCUT2D eigenvalue weighted by Gasteiger charge is -2.37. The Morgan fingerprint density at radius 3 is 2.40 bits per heavy atom. The van der Waals surface area contributed by atoms with E-state index in [0.29, 0.717) is 30.1 Å². The maximum absolute atomic E-state index is 12.5. The zero-order chi connectivity index (χ0) is 34.5. The van der Waals surface area contributed by atoms with Gasteiger partial charge in [0.05, 0.1) is 19.5 Å². The van der Waals surface area contributed by atoms with Gasteiger partial charge in [0, 0.05) is 29.6 Å². The molecule has 256 valence electrons. The zero-order valence-electron chi connectivity index (χ0n) is 28.2. The number of benzene rings is 3. The minimum atomic E-state index is -4.74. The number of aliphatic imine (C=N–C) groups is 1.